The van der Waals surface area contributed by atoms with Gasteiger partial charge in [0.1, 0.15) is 5.75 Å². The fraction of sp³-hybridized carbons (Fsp3) is 0.111. The minimum absolute atomic E-state index is 0.172. The van der Waals surface area contributed by atoms with E-state index in [1.54, 1.807) is 0 Å². The van der Waals surface area contributed by atoms with E-state index in [0.717, 1.165) is 19.1 Å². The van der Waals surface area contributed by atoms with Crippen molar-refractivity contribution in [3.63, 3.8) is 0 Å². The first-order valence-corrected chi connectivity index (χ1v) is 3.75. The van der Waals surface area contributed by atoms with Crippen LogP contribution in [0.2, 0.25) is 0 Å². The maximum absolute atomic E-state index is 10.8. The molecule has 0 saturated carbocycles. The summed E-state index contributed by atoms with van der Waals surface area (Å²) in [4.78, 5) is 21.3. The molecule has 1 rings (SSSR count). The van der Waals surface area contributed by atoms with Crippen molar-refractivity contribution < 1.29 is 24.5 Å². The normalized spacial score (nSPS) is 9.50. The van der Waals surface area contributed by atoms with Crippen LogP contribution in [-0.2, 0) is 9.59 Å². The first-order chi connectivity index (χ1) is 6.50. The van der Waals surface area contributed by atoms with Crippen LogP contribution in [0.4, 0.5) is 0 Å². The van der Waals surface area contributed by atoms with Gasteiger partial charge < -0.3 is 14.9 Å². The largest absolute Gasteiger partial charge is 0.508 e. The molecule has 5 heteroatoms. The second-order valence-electron chi connectivity index (χ2n) is 2.60. The van der Waals surface area contributed by atoms with Gasteiger partial charge in [-0.1, -0.05) is 0 Å². The molecule has 0 radical (unpaired) electrons. The van der Waals surface area contributed by atoms with Gasteiger partial charge in [0.15, 0.2) is 11.5 Å². The van der Waals surface area contributed by atoms with Crippen molar-refractivity contribution in [1.82, 2.24) is 0 Å². The molecule has 14 heavy (non-hydrogen) atoms. The molecule has 0 spiro atoms. The maximum atomic E-state index is 10.8. The molecule has 0 aliphatic rings. The lowest BCUT2D eigenvalue weighted by Crippen LogP contribution is -2.16. The van der Waals surface area contributed by atoms with Crippen LogP contribution in [0.1, 0.15) is 6.92 Å². The number of phenolic OH excluding ortho intramolecular Hbond substituents is 2. The molecule has 0 bridgehead atoms. The quantitative estimate of drug-likeness (QED) is 0.313. The summed E-state index contributed by atoms with van der Waals surface area (Å²) in [7, 11) is 0. The summed E-state index contributed by atoms with van der Waals surface area (Å²) in [5.41, 5.74) is 0. The Kier molecular flexibility index (Phi) is 2.71. The van der Waals surface area contributed by atoms with E-state index in [4.69, 9.17) is 10.2 Å². The Labute approximate surface area is 79.6 Å². The summed E-state index contributed by atoms with van der Waals surface area (Å²) in [6.45, 7) is 1.04. The summed E-state index contributed by atoms with van der Waals surface area (Å²) < 4.78 is 4.49. The van der Waals surface area contributed by atoms with Gasteiger partial charge in [-0.2, -0.15) is 0 Å². The highest BCUT2D eigenvalue weighted by Gasteiger charge is 2.13. The lowest BCUT2D eigenvalue weighted by molar-refractivity contribution is -0.146. The van der Waals surface area contributed by atoms with Gasteiger partial charge in [0.2, 0.25) is 5.78 Å². The number of benzene rings is 1. The van der Waals surface area contributed by atoms with Gasteiger partial charge in [-0.15, -0.1) is 0 Å². The molecule has 0 fully saturated rings. The minimum atomic E-state index is -1.09. The second kappa shape index (κ2) is 3.78. The van der Waals surface area contributed by atoms with Crippen LogP contribution in [0.5, 0.6) is 17.2 Å². The number of carbonyl (C=O) groups is 2. The molecule has 0 saturated heterocycles. The molecule has 74 valence electrons. The minimum Gasteiger partial charge on any atom is -0.508 e. The first kappa shape index (κ1) is 10.0. The van der Waals surface area contributed by atoms with E-state index in [1.807, 2.05) is 0 Å². The molecule has 1 aromatic rings. The number of rotatable bonds is 2. The molecule has 0 heterocycles. The van der Waals surface area contributed by atoms with Gasteiger partial charge in [-0.3, -0.25) is 4.79 Å². The van der Waals surface area contributed by atoms with Crippen molar-refractivity contribution in [2.45, 2.75) is 6.92 Å². The predicted octanol–water partition coefficient (Wildman–Crippen LogP) is 0.592. The fourth-order valence-corrected chi connectivity index (χ4v) is 0.756. The Hall–Kier alpha value is -2.04. The van der Waals surface area contributed by atoms with Crippen molar-refractivity contribution in [2.75, 3.05) is 0 Å². The average molecular weight is 196 g/mol. The standard InChI is InChI=1S/C9H8O5/c1-5(10)9(13)14-8-4-6(11)2-3-7(8)12/h2-4,11-12H,1H3. The molecule has 0 aliphatic carbocycles. The number of aromatic hydroxyl groups is 2. The number of ether oxygens (including phenoxy) is 1. The zero-order valence-electron chi connectivity index (χ0n) is 7.35. The number of hydrogen-bond acceptors (Lipinski definition) is 5. The highest BCUT2D eigenvalue weighted by Crippen LogP contribution is 2.29. The SMILES string of the molecule is CC(=O)C(=O)Oc1cc(O)ccc1O. The third-order valence-electron chi connectivity index (χ3n) is 1.43. The number of hydrogen-bond donors (Lipinski definition) is 2. The van der Waals surface area contributed by atoms with E-state index in [0.29, 0.717) is 0 Å². The third-order valence-corrected chi connectivity index (χ3v) is 1.43. The highest BCUT2D eigenvalue weighted by atomic mass is 16.5. The number of esters is 1. The summed E-state index contributed by atoms with van der Waals surface area (Å²) in [5, 5.41) is 18.2. The lowest BCUT2D eigenvalue weighted by atomic mass is 10.3. The predicted molar refractivity (Wildman–Crippen MR) is 46.1 cm³/mol. The van der Waals surface area contributed by atoms with Crippen molar-refractivity contribution >= 4 is 11.8 Å². The van der Waals surface area contributed by atoms with Crippen LogP contribution in [0, 0.1) is 0 Å². The second-order valence-corrected chi connectivity index (χ2v) is 2.60. The van der Waals surface area contributed by atoms with Gasteiger partial charge in [0, 0.05) is 13.0 Å². The summed E-state index contributed by atoms with van der Waals surface area (Å²) >= 11 is 0. The van der Waals surface area contributed by atoms with Crippen LogP contribution < -0.4 is 4.74 Å². The van der Waals surface area contributed by atoms with E-state index < -0.39 is 11.8 Å². The lowest BCUT2D eigenvalue weighted by Gasteiger charge is -2.04. The molecule has 0 unspecified atom stereocenters. The molecule has 5 nitrogen and oxygen atoms in total. The fourth-order valence-electron chi connectivity index (χ4n) is 0.756. The third kappa shape index (κ3) is 2.22. The maximum Gasteiger partial charge on any atom is 0.379 e. The van der Waals surface area contributed by atoms with E-state index in [-0.39, 0.29) is 17.2 Å². The summed E-state index contributed by atoms with van der Waals surface area (Å²) in [6, 6.07) is 3.41. The van der Waals surface area contributed by atoms with Crippen molar-refractivity contribution in [2.24, 2.45) is 0 Å². The Bertz CT molecular complexity index is 383. The first-order valence-electron chi connectivity index (χ1n) is 3.75. The van der Waals surface area contributed by atoms with Gasteiger partial charge in [-0.05, 0) is 12.1 Å². The molecule has 0 aromatic heterocycles. The smallest absolute Gasteiger partial charge is 0.379 e. The van der Waals surface area contributed by atoms with Crippen LogP contribution >= 0.6 is 0 Å². The topological polar surface area (TPSA) is 83.8 Å². The zero-order valence-corrected chi connectivity index (χ0v) is 7.35. The van der Waals surface area contributed by atoms with Gasteiger partial charge in [-0.25, -0.2) is 4.79 Å². The number of phenols is 2. The van der Waals surface area contributed by atoms with Crippen LogP contribution in [0.15, 0.2) is 18.2 Å². The Balaban J connectivity index is 2.91. The molecule has 0 aliphatic heterocycles. The molecule has 1 aromatic carbocycles. The number of carbonyl (C=O) groups excluding carboxylic acids is 2. The average Bonchev–Trinajstić information content (AvgIpc) is 2.11. The van der Waals surface area contributed by atoms with Gasteiger partial charge >= 0.3 is 5.97 Å². The monoisotopic (exact) mass is 196 g/mol. The number of ketones is 1. The summed E-state index contributed by atoms with van der Waals surface area (Å²) in [5.74, 6) is -2.62. The molecule has 0 atom stereocenters. The molecule has 2 N–H and O–H groups in total. The Morgan fingerprint density at radius 1 is 1.29 bits per heavy atom. The van der Waals surface area contributed by atoms with E-state index >= 15 is 0 Å². The van der Waals surface area contributed by atoms with Crippen LogP contribution in [0.3, 0.4) is 0 Å². The van der Waals surface area contributed by atoms with Crippen molar-refractivity contribution in [3.8, 4) is 17.2 Å². The van der Waals surface area contributed by atoms with Crippen molar-refractivity contribution in [3.05, 3.63) is 18.2 Å². The van der Waals surface area contributed by atoms with Crippen molar-refractivity contribution in [1.29, 1.82) is 0 Å². The van der Waals surface area contributed by atoms with E-state index in [1.165, 1.54) is 6.07 Å². The number of Topliss-reactive ketones (excluding diaryl/α,β-unsaturated/α-hetero) is 1. The Morgan fingerprint density at radius 3 is 2.50 bits per heavy atom. The van der Waals surface area contributed by atoms with E-state index in [2.05, 4.69) is 4.74 Å². The molecular weight excluding hydrogens is 188 g/mol. The van der Waals surface area contributed by atoms with Gasteiger partial charge in [0.05, 0.1) is 0 Å². The summed E-state index contributed by atoms with van der Waals surface area (Å²) in [6.07, 6.45) is 0. The van der Waals surface area contributed by atoms with Crippen LogP contribution in [0.25, 0.3) is 0 Å². The Morgan fingerprint density at radius 2 is 1.93 bits per heavy atom. The molecular formula is C9H8O5. The van der Waals surface area contributed by atoms with Crippen LogP contribution in [-0.4, -0.2) is 22.0 Å². The van der Waals surface area contributed by atoms with E-state index in [9.17, 15) is 9.59 Å². The van der Waals surface area contributed by atoms with Gasteiger partial charge in [0.25, 0.3) is 0 Å². The molecule has 0 amide bonds. The highest BCUT2D eigenvalue weighted by molar-refractivity contribution is 6.33. The zero-order chi connectivity index (χ0) is 10.7.